The number of hydrogen-bond acceptors (Lipinski definition) is 6. The van der Waals surface area contributed by atoms with E-state index in [1.807, 2.05) is 30.5 Å². The van der Waals surface area contributed by atoms with Gasteiger partial charge >= 0.3 is 5.91 Å². The zero-order valence-corrected chi connectivity index (χ0v) is 10.2. The van der Waals surface area contributed by atoms with Crippen molar-refractivity contribution in [2.75, 3.05) is 6.26 Å². The highest BCUT2D eigenvalue weighted by atomic mass is 32.2. The Morgan fingerprint density at radius 2 is 2.06 bits per heavy atom. The molecule has 0 saturated heterocycles. The highest BCUT2D eigenvalue weighted by molar-refractivity contribution is 7.98. The summed E-state index contributed by atoms with van der Waals surface area (Å²) in [6.45, 7) is 0. The fourth-order valence-corrected chi connectivity index (χ4v) is 2.04. The van der Waals surface area contributed by atoms with Crippen molar-refractivity contribution in [3.05, 3.63) is 29.8 Å². The zero-order valence-electron chi connectivity index (χ0n) is 9.36. The topological polar surface area (TPSA) is 78.9 Å². The van der Waals surface area contributed by atoms with Gasteiger partial charge in [0.05, 0.1) is 0 Å². The van der Waals surface area contributed by atoms with Crippen molar-refractivity contribution in [2.45, 2.75) is 4.90 Å². The van der Waals surface area contributed by atoms with Gasteiger partial charge in [0.1, 0.15) is 0 Å². The number of amidine groups is 2. The first kappa shape index (κ1) is 11.0. The Hall–Kier alpha value is -2.15. The predicted octanol–water partition coefficient (Wildman–Crippen LogP) is 1.92. The third-order valence-corrected chi connectivity index (χ3v) is 3.17. The van der Waals surface area contributed by atoms with Crippen LogP contribution in [0.5, 0.6) is 0 Å². The van der Waals surface area contributed by atoms with Gasteiger partial charge in [0.15, 0.2) is 5.84 Å². The van der Waals surface area contributed by atoms with Gasteiger partial charge in [0, 0.05) is 10.5 Å². The number of thioether (sulfide) groups is 1. The van der Waals surface area contributed by atoms with Crippen LogP contribution >= 0.6 is 11.8 Å². The van der Waals surface area contributed by atoms with E-state index in [-0.39, 0.29) is 11.5 Å². The third-order valence-electron chi connectivity index (χ3n) is 2.45. The van der Waals surface area contributed by atoms with Crippen LogP contribution in [0.3, 0.4) is 0 Å². The molecule has 0 unspecified atom stereocenters. The molecule has 88 valence electrons. The number of nitrogens with zero attached hydrogens (tertiary/aromatic N) is 5. The van der Waals surface area contributed by atoms with Crippen molar-refractivity contribution >= 4 is 35.1 Å². The highest BCUT2D eigenvalue weighted by Crippen LogP contribution is 2.18. The summed E-state index contributed by atoms with van der Waals surface area (Å²) in [7, 11) is 0. The van der Waals surface area contributed by atoms with Crippen LogP contribution in [0, 0.1) is 0 Å². The Kier molecular flexibility index (Phi) is 2.60. The quantitative estimate of drug-likeness (QED) is 0.758. The standard InChI is InChI=1S/C11H7N5OS/c1-18-7-4-2-3-6(5-7)9-12-10-8(11(17)13-9)14-16-15-10/h2-5H,1H3. The van der Waals surface area contributed by atoms with Crippen LogP contribution in [0.25, 0.3) is 0 Å². The van der Waals surface area contributed by atoms with Crippen LogP contribution < -0.4 is 0 Å². The molecule has 0 N–H and O–H groups in total. The smallest absolute Gasteiger partial charge is 0.265 e. The van der Waals surface area contributed by atoms with Crippen molar-refractivity contribution in [1.29, 1.82) is 0 Å². The van der Waals surface area contributed by atoms with E-state index in [9.17, 15) is 4.79 Å². The molecule has 0 aliphatic carbocycles. The van der Waals surface area contributed by atoms with Crippen molar-refractivity contribution in [1.82, 2.24) is 0 Å². The first-order valence-corrected chi connectivity index (χ1v) is 6.35. The summed E-state index contributed by atoms with van der Waals surface area (Å²) >= 11 is 1.61. The number of hydrogen-bond donors (Lipinski definition) is 0. The van der Waals surface area contributed by atoms with Crippen LogP contribution in [-0.4, -0.2) is 29.5 Å². The molecule has 3 rings (SSSR count). The minimum absolute atomic E-state index is 0.111. The number of carbonyl (C=O) groups is 1. The van der Waals surface area contributed by atoms with Crippen LogP contribution in [0.4, 0.5) is 0 Å². The van der Waals surface area contributed by atoms with Gasteiger partial charge < -0.3 is 0 Å². The fourth-order valence-electron chi connectivity index (χ4n) is 1.58. The summed E-state index contributed by atoms with van der Waals surface area (Å²) in [4.78, 5) is 20.9. The molecule has 2 aliphatic rings. The molecule has 0 aromatic heterocycles. The van der Waals surface area contributed by atoms with Gasteiger partial charge in [0.25, 0.3) is 0 Å². The fraction of sp³-hybridized carbons (Fsp3) is 0.0909. The van der Waals surface area contributed by atoms with E-state index in [2.05, 4.69) is 25.4 Å². The van der Waals surface area contributed by atoms with Crippen LogP contribution in [0.1, 0.15) is 5.56 Å². The summed E-state index contributed by atoms with van der Waals surface area (Å²) in [6.07, 6.45) is 1.98. The van der Waals surface area contributed by atoms with Gasteiger partial charge in [-0.15, -0.1) is 22.0 Å². The van der Waals surface area contributed by atoms with E-state index in [4.69, 9.17) is 0 Å². The first-order chi connectivity index (χ1) is 8.78. The largest absolute Gasteiger partial charge is 0.303 e. The number of rotatable bonds is 2. The lowest BCUT2D eigenvalue weighted by molar-refractivity contribution is -0.111. The molecule has 6 nitrogen and oxygen atoms in total. The Labute approximate surface area is 107 Å². The normalized spacial score (nSPS) is 17.2. The molecule has 1 amide bonds. The molecule has 0 fully saturated rings. The van der Waals surface area contributed by atoms with Gasteiger partial charge in [-0.05, 0) is 23.6 Å². The van der Waals surface area contributed by atoms with Gasteiger partial charge in [-0.1, -0.05) is 12.1 Å². The summed E-state index contributed by atoms with van der Waals surface area (Å²) in [5.41, 5.74) is 0.892. The van der Waals surface area contributed by atoms with E-state index in [1.54, 1.807) is 11.8 Å². The number of fused-ring (bicyclic) bond motifs is 1. The lowest BCUT2D eigenvalue weighted by Gasteiger charge is -2.07. The molecule has 1 aromatic carbocycles. The molecule has 0 saturated carbocycles. The van der Waals surface area contributed by atoms with Crippen LogP contribution in [0.2, 0.25) is 0 Å². The number of amides is 1. The van der Waals surface area contributed by atoms with Crippen LogP contribution in [-0.2, 0) is 4.79 Å². The maximum absolute atomic E-state index is 11.7. The van der Waals surface area contributed by atoms with Gasteiger partial charge in [-0.25, -0.2) is 4.99 Å². The number of carbonyl (C=O) groups excluding carboxylic acids is 1. The van der Waals surface area contributed by atoms with Gasteiger partial charge in [-0.3, -0.25) is 4.79 Å². The molecular formula is C11H7N5OS. The van der Waals surface area contributed by atoms with Gasteiger partial charge in [-0.2, -0.15) is 4.99 Å². The highest BCUT2D eigenvalue weighted by Gasteiger charge is 2.27. The van der Waals surface area contributed by atoms with Crippen molar-refractivity contribution in [3.63, 3.8) is 0 Å². The van der Waals surface area contributed by atoms with Crippen molar-refractivity contribution < 1.29 is 4.79 Å². The average Bonchev–Trinajstić information content (AvgIpc) is 2.87. The Morgan fingerprint density at radius 1 is 1.17 bits per heavy atom. The monoisotopic (exact) mass is 257 g/mol. The Balaban J connectivity index is 2.05. The zero-order chi connectivity index (χ0) is 12.5. The third kappa shape index (κ3) is 1.78. The number of benzene rings is 1. The second-order valence-electron chi connectivity index (χ2n) is 3.55. The lowest BCUT2D eigenvalue weighted by Crippen LogP contribution is -2.25. The first-order valence-electron chi connectivity index (χ1n) is 5.13. The molecule has 1 aromatic rings. The molecule has 0 bridgehead atoms. The SMILES string of the molecule is CSc1cccc(C2=NC(=O)C3=NN=NC3=N2)c1. The summed E-state index contributed by atoms with van der Waals surface area (Å²) in [6, 6.07) is 7.65. The Bertz CT molecular complexity index is 659. The van der Waals surface area contributed by atoms with E-state index < -0.39 is 5.91 Å². The molecule has 2 aliphatic heterocycles. The predicted molar refractivity (Wildman–Crippen MR) is 69.5 cm³/mol. The maximum atomic E-state index is 11.7. The molecule has 7 heteroatoms. The molecule has 0 spiro atoms. The van der Waals surface area contributed by atoms with E-state index in [0.29, 0.717) is 5.84 Å². The molecule has 18 heavy (non-hydrogen) atoms. The van der Waals surface area contributed by atoms with E-state index in [0.717, 1.165) is 10.5 Å². The minimum atomic E-state index is -0.449. The molecule has 2 heterocycles. The van der Waals surface area contributed by atoms with Crippen molar-refractivity contribution in [3.8, 4) is 0 Å². The van der Waals surface area contributed by atoms with E-state index >= 15 is 0 Å². The van der Waals surface area contributed by atoms with Crippen LogP contribution in [0.15, 0.2) is 54.6 Å². The van der Waals surface area contributed by atoms with E-state index in [1.165, 1.54) is 0 Å². The summed E-state index contributed by atoms with van der Waals surface area (Å²) < 4.78 is 0. The lowest BCUT2D eigenvalue weighted by atomic mass is 10.2. The summed E-state index contributed by atoms with van der Waals surface area (Å²) in [5.74, 6) is 0.139. The van der Waals surface area contributed by atoms with Gasteiger partial charge in [0.2, 0.25) is 11.5 Å². The molecular weight excluding hydrogens is 250 g/mol. The number of aliphatic imine (C=N–C) groups is 2. The minimum Gasteiger partial charge on any atom is -0.265 e. The Morgan fingerprint density at radius 3 is 2.89 bits per heavy atom. The maximum Gasteiger partial charge on any atom is 0.303 e. The molecule has 0 radical (unpaired) electrons. The second-order valence-corrected chi connectivity index (χ2v) is 4.43. The molecule has 0 atom stereocenters. The summed E-state index contributed by atoms with van der Waals surface area (Å²) in [5, 5.41) is 10.7. The second kappa shape index (κ2) is 4.26. The van der Waals surface area contributed by atoms with Crippen molar-refractivity contribution in [2.24, 2.45) is 25.4 Å². The average molecular weight is 257 g/mol.